The van der Waals surface area contributed by atoms with Gasteiger partial charge in [0.2, 0.25) is 0 Å². The zero-order valence-electron chi connectivity index (χ0n) is 16.3. The summed E-state index contributed by atoms with van der Waals surface area (Å²) in [4.78, 5) is 27.0. The number of halogens is 2. The highest BCUT2D eigenvalue weighted by molar-refractivity contribution is 14.1. The molecule has 1 aliphatic rings. The van der Waals surface area contributed by atoms with E-state index in [0.29, 0.717) is 22.3 Å². The van der Waals surface area contributed by atoms with Crippen LogP contribution < -0.4 is 4.74 Å². The van der Waals surface area contributed by atoms with Gasteiger partial charge in [0.15, 0.2) is 0 Å². The van der Waals surface area contributed by atoms with Crippen molar-refractivity contribution in [3.8, 4) is 5.75 Å². The molecule has 0 unspecified atom stereocenters. The van der Waals surface area contributed by atoms with Crippen LogP contribution in [0.25, 0.3) is 6.08 Å². The van der Waals surface area contributed by atoms with Crippen molar-refractivity contribution in [3.63, 3.8) is 0 Å². The van der Waals surface area contributed by atoms with Gasteiger partial charge in [0, 0.05) is 19.7 Å². The van der Waals surface area contributed by atoms with Gasteiger partial charge in [0.1, 0.15) is 12.4 Å². The molecule has 1 saturated heterocycles. The van der Waals surface area contributed by atoms with Crippen LogP contribution in [-0.4, -0.2) is 16.0 Å². The Bertz CT molecular complexity index is 1160. The molecule has 1 aliphatic heterocycles. The van der Waals surface area contributed by atoms with E-state index in [0.717, 1.165) is 32.0 Å². The van der Waals surface area contributed by atoms with E-state index >= 15 is 0 Å². The topological polar surface area (TPSA) is 46.6 Å². The first-order valence-corrected chi connectivity index (χ1v) is 11.7. The van der Waals surface area contributed by atoms with Gasteiger partial charge in [0.05, 0.1) is 11.4 Å². The molecule has 0 spiro atoms. The third kappa shape index (κ3) is 5.31. The highest BCUT2D eigenvalue weighted by Gasteiger charge is 2.35. The van der Waals surface area contributed by atoms with Crippen molar-refractivity contribution in [2.24, 2.45) is 0 Å². The zero-order chi connectivity index (χ0) is 21.8. The van der Waals surface area contributed by atoms with Crippen LogP contribution in [-0.2, 0) is 17.9 Å². The number of carbonyl (C=O) groups is 2. The molecule has 0 atom stereocenters. The first-order chi connectivity index (χ1) is 15.0. The van der Waals surface area contributed by atoms with Gasteiger partial charge < -0.3 is 4.74 Å². The van der Waals surface area contributed by atoms with Crippen LogP contribution in [0.15, 0.2) is 77.7 Å². The number of hydrogen-bond acceptors (Lipinski definition) is 4. The second kappa shape index (κ2) is 9.89. The largest absolute Gasteiger partial charge is 0.488 e. The van der Waals surface area contributed by atoms with Gasteiger partial charge in [-0.2, -0.15) is 0 Å². The predicted molar refractivity (Wildman–Crippen MR) is 133 cm³/mol. The van der Waals surface area contributed by atoms with E-state index in [-0.39, 0.29) is 17.7 Å². The highest BCUT2D eigenvalue weighted by atomic mass is 127. The molecule has 0 bridgehead atoms. The molecular weight excluding hydrogens is 545 g/mol. The number of benzene rings is 3. The molecule has 31 heavy (non-hydrogen) atoms. The fraction of sp³-hybridized carbons (Fsp3) is 0.0833. The summed E-state index contributed by atoms with van der Waals surface area (Å²) in [6.45, 7) is 0.558. The predicted octanol–water partition coefficient (Wildman–Crippen LogP) is 6.76. The van der Waals surface area contributed by atoms with Crippen LogP contribution in [0, 0.1) is 3.57 Å². The van der Waals surface area contributed by atoms with Gasteiger partial charge in [0.25, 0.3) is 11.1 Å². The maximum atomic E-state index is 12.9. The minimum Gasteiger partial charge on any atom is -0.488 e. The average Bonchev–Trinajstić information content (AvgIpc) is 3.03. The van der Waals surface area contributed by atoms with E-state index < -0.39 is 0 Å². The number of nitrogens with zero attached hydrogens (tertiary/aromatic N) is 1. The number of hydrogen-bond donors (Lipinski definition) is 0. The van der Waals surface area contributed by atoms with Gasteiger partial charge in [-0.15, -0.1) is 0 Å². The molecule has 4 nitrogen and oxygen atoms in total. The Balaban J connectivity index is 1.52. The van der Waals surface area contributed by atoms with E-state index in [1.807, 2.05) is 72.8 Å². The minimum absolute atomic E-state index is 0.254. The summed E-state index contributed by atoms with van der Waals surface area (Å²) in [6, 6.07) is 22.7. The van der Waals surface area contributed by atoms with E-state index in [9.17, 15) is 9.59 Å². The normalized spacial score (nSPS) is 15.0. The molecule has 0 aromatic heterocycles. The van der Waals surface area contributed by atoms with Gasteiger partial charge >= 0.3 is 0 Å². The number of carbonyl (C=O) groups excluding carboxylic acids is 2. The van der Waals surface area contributed by atoms with Gasteiger partial charge in [-0.3, -0.25) is 14.5 Å². The monoisotopic (exact) mass is 561 g/mol. The van der Waals surface area contributed by atoms with Crippen molar-refractivity contribution in [1.82, 2.24) is 4.90 Å². The smallest absolute Gasteiger partial charge is 0.293 e. The van der Waals surface area contributed by atoms with Crippen molar-refractivity contribution in [2.45, 2.75) is 13.2 Å². The molecule has 0 N–H and O–H groups in total. The van der Waals surface area contributed by atoms with Gasteiger partial charge in [-0.25, -0.2) is 0 Å². The molecule has 7 heteroatoms. The lowest BCUT2D eigenvalue weighted by Crippen LogP contribution is -2.27. The second-order valence-electron chi connectivity index (χ2n) is 6.81. The van der Waals surface area contributed by atoms with Crippen LogP contribution in [0.5, 0.6) is 5.75 Å². The van der Waals surface area contributed by atoms with Crippen LogP contribution in [0.1, 0.15) is 16.7 Å². The Morgan fingerprint density at radius 3 is 2.45 bits per heavy atom. The number of imide groups is 1. The molecular formula is C24H17ClINO3S. The Hall–Kier alpha value is -2.29. The Morgan fingerprint density at radius 2 is 1.68 bits per heavy atom. The standard InChI is InChI=1S/C24H17ClINO3S/c25-20-7-3-1-6-18(20)15-30-21-8-4-2-5-17(21)13-22-23(28)27(24(29)31-22)14-16-9-11-19(26)12-10-16/h1-13H,14-15H2/b22-13-. The second-order valence-corrected chi connectivity index (χ2v) is 9.46. The number of para-hydroxylation sites is 1. The van der Waals surface area contributed by atoms with Gasteiger partial charge in [-0.05, 0) is 70.3 Å². The van der Waals surface area contributed by atoms with Gasteiger partial charge in [-0.1, -0.05) is 60.1 Å². The lowest BCUT2D eigenvalue weighted by molar-refractivity contribution is -0.123. The van der Waals surface area contributed by atoms with Crippen LogP contribution in [0.2, 0.25) is 5.02 Å². The molecule has 2 amide bonds. The summed E-state index contributed by atoms with van der Waals surface area (Å²) >= 11 is 9.38. The van der Waals surface area contributed by atoms with E-state index in [1.165, 1.54) is 4.90 Å². The summed E-state index contributed by atoms with van der Waals surface area (Å²) in [5.74, 6) is 0.321. The minimum atomic E-state index is -0.297. The van der Waals surface area contributed by atoms with Crippen molar-refractivity contribution in [2.75, 3.05) is 0 Å². The zero-order valence-corrected chi connectivity index (χ0v) is 20.0. The fourth-order valence-corrected chi connectivity index (χ4v) is 4.43. The van der Waals surface area contributed by atoms with E-state index in [2.05, 4.69) is 22.6 Å². The van der Waals surface area contributed by atoms with Crippen molar-refractivity contribution in [3.05, 3.63) is 103 Å². The molecule has 3 aromatic rings. The van der Waals surface area contributed by atoms with Crippen LogP contribution in [0.4, 0.5) is 4.79 Å². The molecule has 1 fully saturated rings. The number of rotatable bonds is 6. The Morgan fingerprint density at radius 1 is 0.968 bits per heavy atom. The summed E-state index contributed by atoms with van der Waals surface area (Å²) in [6.07, 6.45) is 1.71. The van der Waals surface area contributed by atoms with Crippen LogP contribution in [0.3, 0.4) is 0 Å². The fourth-order valence-electron chi connectivity index (χ4n) is 3.05. The molecule has 0 radical (unpaired) electrons. The maximum absolute atomic E-state index is 12.9. The first kappa shape index (κ1) is 21.9. The lowest BCUT2D eigenvalue weighted by atomic mass is 10.1. The molecule has 4 rings (SSSR count). The van der Waals surface area contributed by atoms with E-state index in [4.69, 9.17) is 16.3 Å². The summed E-state index contributed by atoms with van der Waals surface area (Å²) in [5, 5.41) is 0.362. The molecule has 156 valence electrons. The third-order valence-electron chi connectivity index (χ3n) is 4.67. The summed E-state index contributed by atoms with van der Waals surface area (Å²) in [5.41, 5.74) is 2.51. The number of thioether (sulfide) groups is 1. The molecule has 0 saturated carbocycles. The van der Waals surface area contributed by atoms with E-state index in [1.54, 1.807) is 6.08 Å². The first-order valence-electron chi connectivity index (χ1n) is 9.46. The molecule has 0 aliphatic carbocycles. The Kier molecular flexibility index (Phi) is 6.99. The molecule has 1 heterocycles. The lowest BCUT2D eigenvalue weighted by Gasteiger charge is -2.12. The molecule has 3 aromatic carbocycles. The third-order valence-corrected chi connectivity index (χ3v) is 6.67. The highest BCUT2D eigenvalue weighted by Crippen LogP contribution is 2.35. The number of ether oxygens (including phenoxy) is 1. The summed E-state index contributed by atoms with van der Waals surface area (Å²) < 4.78 is 7.06. The summed E-state index contributed by atoms with van der Waals surface area (Å²) in [7, 11) is 0. The maximum Gasteiger partial charge on any atom is 0.293 e. The average molecular weight is 562 g/mol. The van der Waals surface area contributed by atoms with Crippen LogP contribution >= 0.6 is 46.0 Å². The van der Waals surface area contributed by atoms with Crippen molar-refractivity contribution >= 4 is 63.2 Å². The van der Waals surface area contributed by atoms with Crippen molar-refractivity contribution in [1.29, 1.82) is 0 Å². The quantitative estimate of drug-likeness (QED) is 0.246. The van der Waals surface area contributed by atoms with Crippen molar-refractivity contribution < 1.29 is 14.3 Å². The Labute approximate surface area is 203 Å². The number of amides is 2. The SMILES string of the molecule is O=C1S/C(=C\c2ccccc2OCc2ccccc2Cl)C(=O)N1Cc1ccc(I)cc1.